The van der Waals surface area contributed by atoms with Crippen molar-refractivity contribution in [3.8, 4) is 0 Å². The Bertz CT molecular complexity index is 610. The second-order valence-electron chi connectivity index (χ2n) is 5.92. The average molecular weight is 348 g/mol. The number of thioether (sulfide) groups is 1. The molecule has 1 aromatic heterocycles. The monoisotopic (exact) mass is 347 g/mol. The Morgan fingerprint density at radius 1 is 1.35 bits per heavy atom. The van der Waals surface area contributed by atoms with Gasteiger partial charge in [-0.2, -0.15) is 0 Å². The van der Waals surface area contributed by atoms with Crippen molar-refractivity contribution < 1.29 is 4.79 Å². The first-order valence-electron chi connectivity index (χ1n) is 7.98. The number of benzene rings is 1. The summed E-state index contributed by atoms with van der Waals surface area (Å²) in [7, 11) is 0. The fourth-order valence-corrected chi connectivity index (χ4v) is 4.69. The summed E-state index contributed by atoms with van der Waals surface area (Å²) in [6.45, 7) is 3.71. The van der Waals surface area contributed by atoms with Crippen LogP contribution in [0.5, 0.6) is 0 Å². The van der Waals surface area contributed by atoms with Gasteiger partial charge in [-0.1, -0.05) is 53.4 Å². The van der Waals surface area contributed by atoms with Crippen molar-refractivity contribution >= 4 is 29.0 Å². The molecule has 2 heterocycles. The van der Waals surface area contributed by atoms with Crippen LogP contribution in [0.1, 0.15) is 25.3 Å². The van der Waals surface area contributed by atoms with Crippen LogP contribution in [-0.2, 0) is 11.2 Å². The molecule has 1 saturated heterocycles. The highest BCUT2D eigenvalue weighted by atomic mass is 32.2. The molecule has 0 bridgehead atoms. The van der Waals surface area contributed by atoms with Crippen LogP contribution in [0.25, 0.3) is 0 Å². The van der Waals surface area contributed by atoms with Crippen LogP contribution in [0.4, 0.5) is 0 Å². The minimum Gasteiger partial charge on any atom is -0.342 e. The molecule has 1 unspecified atom stereocenters. The van der Waals surface area contributed by atoms with Crippen LogP contribution in [0.3, 0.4) is 0 Å². The summed E-state index contributed by atoms with van der Waals surface area (Å²) >= 11 is 3.00. The zero-order chi connectivity index (χ0) is 16.1. The molecule has 1 aliphatic heterocycles. The van der Waals surface area contributed by atoms with Gasteiger partial charge in [0.2, 0.25) is 5.91 Å². The molecule has 0 aliphatic carbocycles. The van der Waals surface area contributed by atoms with Gasteiger partial charge < -0.3 is 4.90 Å². The smallest absolute Gasteiger partial charge is 0.235 e. The molecular weight excluding hydrogens is 326 g/mol. The molecule has 1 amide bonds. The Balaban J connectivity index is 1.47. The molecule has 1 atom stereocenters. The normalized spacial score (nSPS) is 17.2. The average Bonchev–Trinajstić information content (AvgIpc) is 3.09. The Morgan fingerprint density at radius 3 is 2.74 bits per heavy atom. The van der Waals surface area contributed by atoms with Gasteiger partial charge in [0.05, 0.1) is 5.25 Å². The Kier molecular flexibility index (Phi) is 5.67. The number of amides is 1. The number of carbonyl (C=O) groups is 1. The van der Waals surface area contributed by atoms with Gasteiger partial charge in [-0.05, 0) is 37.7 Å². The van der Waals surface area contributed by atoms with E-state index in [-0.39, 0.29) is 11.2 Å². The SMILES string of the molecule is CC(Sc1nncs1)C(=O)N1CCC(Cc2ccccc2)CC1. The van der Waals surface area contributed by atoms with Crippen molar-refractivity contribution in [1.82, 2.24) is 15.1 Å². The zero-order valence-corrected chi connectivity index (χ0v) is 14.9. The molecule has 1 aromatic carbocycles. The van der Waals surface area contributed by atoms with Gasteiger partial charge in [-0.3, -0.25) is 4.79 Å². The van der Waals surface area contributed by atoms with Gasteiger partial charge in [0.15, 0.2) is 4.34 Å². The predicted molar refractivity (Wildman–Crippen MR) is 94.7 cm³/mol. The van der Waals surface area contributed by atoms with Gasteiger partial charge in [-0.15, -0.1) is 10.2 Å². The molecule has 6 heteroatoms. The quantitative estimate of drug-likeness (QED) is 0.777. The first kappa shape index (κ1) is 16.5. The van der Waals surface area contributed by atoms with Gasteiger partial charge in [-0.25, -0.2) is 0 Å². The molecule has 3 rings (SSSR count). The molecule has 2 aromatic rings. The third kappa shape index (κ3) is 4.54. The maximum Gasteiger partial charge on any atom is 0.235 e. The van der Waals surface area contributed by atoms with Crippen molar-refractivity contribution in [2.45, 2.75) is 35.8 Å². The van der Waals surface area contributed by atoms with E-state index in [1.165, 1.54) is 28.7 Å². The Labute approximate surface area is 145 Å². The maximum atomic E-state index is 12.6. The number of piperidine rings is 1. The number of hydrogen-bond donors (Lipinski definition) is 0. The molecule has 1 aliphatic rings. The molecule has 4 nitrogen and oxygen atoms in total. The summed E-state index contributed by atoms with van der Waals surface area (Å²) < 4.78 is 0.866. The summed E-state index contributed by atoms with van der Waals surface area (Å²) in [5.41, 5.74) is 3.10. The lowest BCUT2D eigenvalue weighted by molar-refractivity contribution is -0.131. The second kappa shape index (κ2) is 7.93. The summed E-state index contributed by atoms with van der Waals surface area (Å²) in [5.74, 6) is 0.913. The van der Waals surface area contributed by atoms with E-state index in [9.17, 15) is 4.79 Å². The van der Waals surface area contributed by atoms with Crippen LogP contribution in [-0.4, -0.2) is 39.3 Å². The highest BCUT2D eigenvalue weighted by Gasteiger charge is 2.27. The highest BCUT2D eigenvalue weighted by Crippen LogP contribution is 2.27. The molecule has 0 radical (unpaired) electrons. The molecule has 0 saturated carbocycles. The van der Waals surface area contributed by atoms with E-state index in [4.69, 9.17) is 0 Å². The number of likely N-dealkylation sites (tertiary alicyclic amines) is 1. The Hall–Kier alpha value is -1.40. The number of hydrogen-bond acceptors (Lipinski definition) is 5. The number of rotatable bonds is 5. The fourth-order valence-electron chi connectivity index (χ4n) is 2.98. The van der Waals surface area contributed by atoms with Gasteiger partial charge >= 0.3 is 0 Å². The van der Waals surface area contributed by atoms with E-state index < -0.39 is 0 Å². The number of nitrogens with zero attached hydrogens (tertiary/aromatic N) is 3. The van der Waals surface area contributed by atoms with Gasteiger partial charge in [0.25, 0.3) is 0 Å². The standard InChI is InChI=1S/C17H21N3OS2/c1-13(23-17-19-18-12-22-17)16(21)20-9-7-15(8-10-20)11-14-5-3-2-4-6-14/h2-6,12-13,15H,7-11H2,1H3. The van der Waals surface area contributed by atoms with E-state index in [1.54, 1.807) is 5.51 Å². The lowest BCUT2D eigenvalue weighted by Gasteiger charge is -2.33. The summed E-state index contributed by atoms with van der Waals surface area (Å²) in [6.07, 6.45) is 3.31. The number of carbonyl (C=O) groups excluding carboxylic acids is 1. The predicted octanol–water partition coefficient (Wildman–Crippen LogP) is 3.50. The summed E-state index contributed by atoms with van der Waals surface area (Å²) in [4.78, 5) is 14.6. The molecule has 0 spiro atoms. The van der Waals surface area contributed by atoms with Gasteiger partial charge in [0, 0.05) is 13.1 Å². The zero-order valence-electron chi connectivity index (χ0n) is 13.2. The first-order valence-corrected chi connectivity index (χ1v) is 9.74. The minimum absolute atomic E-state index is 0.0892. The van der Waals surface area contributed by atoms with Crippen molar-refractivity contribution in [1.29, 1.82) is 0 Å². The molecule has 1 fully saturated rings. The van der Waals surface area contributed by atoms with Gasteiger partial charge in [0.1, 0.15) is 5.51 Å². The largest absolute Gasteiger partial charge is 0.342 e. The van der Waals surface area contributed by atoms with Crippen LogP contribution in [0.2, 0.25) is 0 Å². The fraction of sp³-hybridized carbons (Fsp3) is 0.471. The summed E-state index contributed by atoms with van der Waals surface area (Å²) in [5, 5.41) is 7.73. The number of aromatic nitrogens is 2. The lowest BCUT2D eigenvalue weighted by atomic mass is 9.90. The summed E-state index contributed by atoms with van der Waals surface area (Å²) in [6, 6.07) is 10.6. The van der Waals surface area contributed by atoms with E-state index >= 15 is 0 Å². The second-order valence-corrected chi connectivity index (χ2v) is 8.34. The topological polar surface area (TPSA) is 46.1 Å². The van der Waals surface area contributed by atoms with E-state index in [0.717, 1.165) is 36.7 Å². The first-order chi connectivity index (χ1) is 11.2. The van der Waals surface area contributed by atoms with E-state index in [0.29, 0.717) is 5.92 Å². The van der Waals surface area contributed by atoms with Crippen LogP contribution in [0, 0.1) is 5.92 Å². The van der Waals surface area contributed by atoms with Crippen molar-refractivity contribution in [2.24, 2.45) is 5.92 Å². The third-order valence-electron chi connectivity index (χ3n) is 4.26. The minimum atomic E-state index is -0.0892. The Morgan fingerprint density at radius 2 is 2.09 bits per heavy atom. The molecular formula is C17H21N3OS2. The van der Waals surface area contributed by atoms with Crippen molar-refractivity contribution in [3.63, 3.8) is 0 Å². The van der Waals surface area contributed by atoms with Crippen LogP contribution in [0.15, 0.2) is 40.2 Å². The highest BCUT2D eigenvalue weighted by molar-refractivity contribution is 8.02. The van der Waals surface area contributed by atoms with Crippen molar-refractivity contribution in [2.75, 3.05) is 13.1 Å². The van der Waals surface area contributed by atoms with E-state index in [1.807, 2.05) is 11.8 Å². The van der Waals surface area contributed by atoms with Crippen molar-refractivity contribution in [3.05, 3.63) is 41.4 Å². The lowest BCUT2D eigenvalue weighted by Crippen LogP contribution is -2.42. The van der Waals surface area contributed by atoms with E-state index in [2.05, 4.69) is 40.5 Å². The molecule has 0 N–H and O–H groups in total. The van der Waals surface area contributed by atoms with Crippen LogP contribution < -0.4 is 0 Å². The third-order valence-corrected chi connectivity index (χ3v) is 6.16. The molecule has 23 heavy (non-hydrogen) atoms. The molecule has 122 valence electrons. The maximum absolute atomic E-state index is 12.6. The van der Waals surface area contributed by atoms with Crippen LogP contribution >= 0.6 is 23.1 Å².